The first-order chi connectivity index (χ1) is 8.60. The van der Waals surface area contributed by atoms with E-state index in [9.17, 15) is 4.39 Å². The predicted molar refractivity (Wildman–Crippen MR) is 66.8 cm³/mol. The van der Waals surface area contributed by atoms with Gasteiger partial charge in [-0.3, -0.25) is 4.90 Å². The molecule has 1 aromatic carbocycles. The number of hydrogen-bond acceptors (Lipinski definition) is 3. The Morgan fingerprint density at radius 2 is 2.11 bits per heavy atom. The molecule has 0 saturated heterocycles. The van der Waals surface area contributed by atoms with Crippen molar-refractivity contribution >= 4 is 0 Å². The van der Waals surface area contributed by atoms with Crippen molar-refractivity contribution in [2.24, 2.45) is 5.92 Å². The summed E-state index contributed by atoms with van der Waals surface area (Å²) < 4.78 is 13.2. The summed E-state index contributed by atoms with van der Waals surface area (Å²) in [6, 6.07) is 8.40. The minimum absolute atomic E-state index is 0.0796. The van der Waals surface area contributed by atoms with Crippen LogP contribution in [-0.2, 0) is 6.54 Å². The molecule has 4 heteroatoms. The van der Waals surface area contributed by atoms with E-state index in [1.807, 2.05) is 18.7 Å². The third-order valence-corrected chi connectivity index (χ3v) is 2.78. The largest absolute Gasteiger partial charge is 0.298 e. The molecule has 0 aliphatic heterocycles. The van der Waals surface area contributed by atoms with Crippen molar-refractivity contribution in [3.63, 3.8) is 0 Å². The summed E-state index contributed by atoms with van der Waals surface area (Å²) in [4.78, 5) is 2.03. The van der Waals surface area contributed by atoms with E-state index in [-0.39, 0.29) is 11.7 Å². The quantitative estimate of drug-likeness (QED) is 0.801. The molecule has 3 nitrogen and oxygen atoms in total. The average Bonchev–Trinajstić information content (AvgIpc) is 2.38. The van der Waals surface area contributed by atoms with Crippen LogP contribution in [0.2, 0.25) is 0 Å². The first-order valence-corrected chi connectivity index (χ1v) is 5.91. The van der Waals surface area contributed by atoms with E-state index in [1.54, 1.807) is 0 Å². The highest BCUT2D eigenvalue weighted by Gasteiger charge is 2.11. The summed E-state index contributed by atoms with van der Waals surface area (Å²) in [6.07, 6.45) is 0. The van der Waals surface area contributed by atoms with E-state index in [0.29, 0.717) is 24.2 Å². The Bertz CT molecular complexity index is 485. The Kier molecular flexibility index (Phi) is 5.30. The molecule has 1 rings (SSSR count). The molecular formula is C14H16FN3. The second-order valence-electron chi connectivity index (χ2n) is 4.27. The van der Waals surface area contributed by atoms with Crippen LogP contribution < -0.4 is 0 Å². The number of halogens is 1. The maximum Gasteiger partial charge on any atom is 0.123 e. The Hall–Kier alpha value is -1.91. The van der Waals surface area contributed by atoms with Gasteiger partial charge in [-0.1, -0.05) is 6.92 Å². The molecule has 0 heterocycles. The van der Waals surface area contributed by atoms with Crippen molar-refractivity contribution in [2.75, 3.05) is 13.1 Å². The Labute approximate surface area is 107 Å². The molecule has 0 bridgehead atoms. The molecular weight excluding hydrogens is 229 g/mol. The van der Waals surface area contributed by atoms with E-state index < -0.39 is 0 Å². The van der Waals surface area contributed by atoms with Crippen molar-refractivity contribution in [3.8, 4) is 12.1 Å². The molecule has 0 radical (unpaired) electrons. The SMILES string of the molecule is CCN(Cc1cc(F)ccc1C#N)CC(C)C#N. The molecule has 0 amide bonds. The van der Waals surface area contributed by atoms with Crippen molar-refractivity contribution < 1.29 is 4.39 Å². The first-order valence-electron chi connectivity index (χ1n) is 5.91. The molecule has 0 fully saturated rings. The highest BCUT2D eigenvalue weighted by atomic mass is 19.1. The average molecular weight is 245 g/mol. The maximum atomic E-state index is 13.2. The third kappa shape index (κ3) is 3.84. The lowest BCUT2D eigenvalue weighted by molar-refractivity contribution is 0.260. The lowest BCUT2D eigenvalue weighted by Crippen LogP contribution is -2.28. The molecule has 0 aliphatic rings. The lowest BCUT2D eigenvalue weighted by Gasteiger charge is -2.22. The van der Waals surface area contributed by atoms with Gasteiger partial charge in [0.05, 0.1) is 23.6 Å². The zero-order valence-electron chi connectivity index (χ0n) is 10.7. The van der Waals surface area contributed by atoms with Crippen LogP contribution in [-0.4, -0.2) is 18.0 Å². The number of rotatable bonds is 5. The van der Waals surface area contributed by atoms with Gasteiger partial charge in [0.15, 0.2) is 0 Å². The summed E-state index contributed by atoms with van der Waals surface area (Å²) in [5, 5.41) is 17.8. The molecule has 94 valence electrons. The summed E-state index contributed by atoms with van der Waals surface area (Å²) in [6.45, 7) is 5.69. The monoisotopic (exact) mass is 245 g/mol. The normalized spacial score (nSPS) is 11.9. The van der Waals surface area contributed by atoms with Gasteiger partial charge in [-0.2, -0.15) is 10.5 Å². The van der Waals surface area contributed by atoms with Crippen LogP contribution in [0, 0.1) is 34.4 Å². The van der Waals surface area contributed by atoms with Crippen LogP contribution in [0.25, 0.3) is 0 Å². The van der Waals surface area contributed by atoms with E-state index in [0.717, 1.165) is 6.54 Å². The van der Waals surface area contributed by atoms with Crippen LogP contribution in [0.5, 0.6) is 0 Å². The fourth-order valence-corrected chi connectivity index (χ4v) is 1.78. The number of hydrogen-bond donors (Lipinski definition) is 0. The smallest absolute Gasteiger partial charge is 0.123 e. The number of benzene rings is 1. The fraction of sp³-hybridized carbons (Fsp3) is 0.429. The van der Waals surface area contributed by atoms with E-state index in [2.05, 4.69) is 12.1 Å². The van der Waals surface area contributed by atoms with Crippen LogP contribution in [0.1, 0.15) is 25.0 Å². The van der Waals surface area contributed by atoms with Crippen LogP contribution in [0.4, 0.5) is 4.39 Å². The molecule has 1 atom stereocenters. The molecule has 0 aromatic heterocycles. The van der Waals surface area contributed by atoms with Gasteiger partial charge in [-0.05, 0) is 37.2 Å². The van der Waals surface area contributed by atoms with Gasteiger partial charge < -0.3 is 0 Å². The Morgan fingerprint density at radius 1 is 1.39 bits per heavy atom. The van der Waals surface area contributed by atoms with Crippen molar-refractivity contribution in [1.82, 2.24) is 4.90 Å². The van der Waals surface area contributed by atoms with Gasteiger partial charge in [0, 0.05) is 13.1 Å². The molecule has 0 spiro atoms. The number of nitriles is 2. The van der Waals surface area contributed by atoms with Crippen molar-refractivity contribution in [1.29, 1.82) is 10.5 Å². The minimum atomic E-state index is -0.339. The van der Waals surface area contributed by atoms with Crippen LogP contribution >= 0.6 is 0 Å². The first kappa shape index (κ1) is 14.2. The van der Waals surface area contributed by atoms with Gasteiger partial charge in [0.25, 0.3) is 0 Å². The zero-order valence-corrected chi connectivity index (χ0v) is 10.7. The predicted octanol–water partition coefficient (Wildman–Crippen LogP) is 2.68. The van der Waals surface area contributed by atoms with Gasteiger partial charge in [-0.25, -0.2) is 4.39 Å². The second kappa shape index (κ2) is 6.74. The minimum Gasteiger partial charge on any atom is -0.298 e. The lowest BCUT2D eigenvalue weighted by atomic mass is 10.1. The summed E-state index contributed by atoms with van der Waals surface area (Å²) in [5.74, 6) is -0.419. The van der Waals surface area contributed by atoms with Gasteiger partial charge in [0.2, 0.25) is 0 Å². The molecule has 1 unspecified atom stereocenters. The fourth-order valence-electron chi connectivity index (χ4n) is 1.78. The maximum absolute atomic E-state index is 13.2. The van der Waals surface area contributed by atoms with E-state index in [4.69, 9.17) is 10.5 Å². The Balaban J connectivity index is 2.85. The highest BCUT2D eigenvalue weighted by Crippen LogP contribution is 2.14. The van der Waals surface area contributed by atoms with Crippen molar-refractivity contribution in [2.45, 2.75) is 20.4 Å². The third-order valence-electron chi connectivity index (χ3n) is 2.78. The molecule has 0 saturated carbocycles. The Morgan fingerprint density at radius 3 is 2.67 bits per heavy atom. The zero-order chi connectivity index (χ0) is 13.5. The molecule has 0 N–H and O–H groups in total. The summed E-state index contributed by atoms with van der Waals surface area (Å²) >= 11 is 0. The standard InChI is InChI=1S/C14H16FN3/c1-3-18(9-11(2)7-16)10-13-6-14(15)5-4-12(13)8-17/h4-6,11H,3,9-10H2,1-2H3. The molecule has 1 aromatic rings. The highest BCUT2D eigenvalue weighted by molar-refractivity contribution is 5.37. The summed E-state index contributed by atoms with van der Waals surface area (Å²) in [7, 11) is 0. The van der Waals surface area contributed by atoms with Crippen LogP contribution in [0.3, 0.4) is 0 Å². The summed E-state index contributed by atoms with van der Waals surface area (Å²) in [5.41, 5.74) is 1.16. The van der Waals surface area contributed by atoms with E-state index >= 15 is 0 Å². The van der Waals surface area contributed by atoms with Gasteiger partial charge in [-0.15, -0.1) is 0 Å². The topological polar surface area (TPSA) is 50.8 Å². The van der Waals surface area contributed by atoms with E-state index in [1.165, 1.54) is 18.2 Å². The molecule has 18 heavy (non-hydrogen) atoms. The second-order valence-corrected chi connectivity index (χ2v) is 4.27. The number of nitrogens with zero attached hydrogens (tertiary/aromatic N) is 3. The van der Waals surface area contributed by atoms with Gasteiger partial charge >= 0.3 is 0 Å². The van der Waals surface area contributed by atoms with Crippen molar-refractivity contribution in [3.05, 3.63) is 35.1 Å². The van der Waals surface area contributed by atoms with Gasteiger partial charge in [0.1, 0.15) is 5.82 Å². The van der Waals surface area contributed by atoms with Crippen LogP contribution in [0.15, 0.2) is 18.2 Å². The molecule has 0 aliphatic carbocycles.